The molecule has 2 aromatic rings. The van der Waals surface area contributed by atoms with Gasteiger partial charge in [-0.1, -0.05) is 37.6 Å². The summed E-state index contributed by atoms with van der Waals surface area (Å²) in [5, 5.41) is 14.4. The summed E-state index contributed by atoms with van der Waals surface area (Å²) in [5.41, 5.74) is 0.647. The Bertz CT molecular complexity index is 831. The summed E-state index contributed by atoms with van der Waals surface area (Å²) in [5.74, 6) is -1.73. The highest BCUT2D eigenvalue weighted by Crippen LogP contribution is 2.28. The number of hydrogen-bond acceptors (Lipinski definition) is 4. The number of nitrogens with one attached hydrogen (secondary N) is 2. The molecule has 7 nitrogen and oxygen atoms in total. The predicted octanol–water partition coefficient (Wildman–Crippen LogP) is 2.95. The van der Waals surface area contributed by atoms with E-state index in [9.17, 15) is 14.4 Å². The van der Waals surface area contributed by atoms with Crippen molar-refractivity contribution in [2.45, 2.75) is 26.3 Å². The maximum atomic E-state index is 12.1. The lowest BCUT2D eigenvalue weighted by Crippen LogP contribution is -2.46. The van der Waals surface area contributed by atoms with Crippen molar-refractivity contribution >= 4 is 29.4 Å². The first-order valence-electron chi connectivity index (χ1n) is 8.43. The Morgan fingerprint density at radius 3 is 2.48 bits per heavy atom. The molecule has 1 aromatic heterocycles. The van der Waals surface area contributed by atoms with E-state index in [0.29, 0.717) is 22.8 Å². The van der Waals surface area contributed by atoms with Gasteiger partial charge in [0.25, 0.3) is 5.91 Å². The van der Waals surface area contributed by atoms with E-state index in [0.717, 1.165) is 0 Å². The zero-order valence-corrected chi connectivity index (χ0v) is 15.7. The van der Waals surface area contributed by atoms with E-state index in [2.05, 4.69) is 10.6 Å². The quantitative estimate of drug-likeness (QED) is 0.640. The van der Waals surface area contributed by atoms with Gasteiger partial charge in [-0.25, -0.2) is 4.79 Å². The molecule has 2 amide bonds. The molecule has 0 bridgehead atoms. The second-order valence-corrected chi connectivity index (χ2v) is 6.82. The third kappa shape index (κ3) is 5.86. The summed E-state index contributed by atoms with van der Waals surface area (Å²) in [7, 11) is 0. The fourth-order valence-corrected chi connectivity index (χ4v) is 2.68. The maximum Gasteiger partial charge on any atom is 0.326 e. The topological polar surface area (TPSA) is 109 Å². The van der Waals surface area contributed by atoms with Crippen LogP contribution in [0.1, 0.15) is 30.8 Å². The summed E-state index contributed by atoms with van der Waals surface area (Å²) in [6.07, 6.45) is 0.300. The van der Waals surface area contributed by atoms with Crippen molar-refractivity contribution in [3.8, 4) is 11.3 Å². The molecule has 0 aliphatic heterocycles. The fourth-order valence-electron chi connectivity index (χ4n) is 2.45. The minimum atomic E-state index is -1.11. The number of carboxylic acid groups (broad SMARTS) is 1. The Balaban J connectivity index is 1.93. The van der Waals surface area contributed by atoms with Crippen LogP contribution in [0.15, 0.2) is 40.8 Å². The van der Waals surface area contributed by atoms with Gasteiger partial charge in [-0.05, 0) is 36.6 Å². The summed E-state index contributed by atoms with van der Waals surface area (Å²) in [4.78, 5) is 35.2. The van der Waals surface area contributed by atoms with Crippen LogP contribution in [0.4, 0.5) is 0 Å². The Morgan fingerprint density at radius 2 is 1.85 bits per heavy atom. The van der Waals surface area contributed by atoms with Gasteiger partial charge in [-0.15, -0.1) is 0 Å². The number of halogens is 1. The third-order valence-electron chi connectivity index (χ3n) is 3.72. The van der Waals surface area contributed by atoms with Crippen LogP contribution in [0.3, 0.4) is 0 Å². The average molecular weight is 393 g/mol. The first-order valence-corrected chi connectivity index (χ1v) is 8.80. The number of carbonyl (C=O) groups excluding carboxylic acids is 2. The fraction of sp³-hybridized carbons (Fsp3) is 0.316. The minimum Gasteiger partial charge on any atom is -0.480 e. The van der Waals surface area contributed by atoms with E-state index in [1.54, 1.807) is 30.3 Å². The molecule has 2 rings (SSSR count). The molecule has 144 valence electrons. The van der Waals surface area contributed by atoms with Crippen molar-refractivity contribution in [2.24, 2.45) is 5.92 Å². The van der Waals surface area contributed by atoms with Crippen LogP contribution in [-0.4, -0.2) is 35.5 Å². The molecule has 27 heavy (non-hydrogen) atoms. The number of aliphatic carboxylic acids is 1. The first-order chi connectivity index (χ1) is 12.8. The molecular weight excluding hydrogens is 372 g/mol. The van der Waals surface area contributed by atoms with Crippen LogP contribution in [0.25, 0.3) is 11.3 Å². The van der Waals surface area contributed by atoms with Gasteiger partial charge in [0, 0.05) is 5.56 Å². The summed E-state index contributed by atoms with van der Waals surface area (Å²) >= 11 is 6.10. The van der Waals surface area contributed by atoms with Crippen LogP contribution in [0.5, 0.6) is 0 Å². The third-order valence-corrected chi connectivity index (χ3v) is 4.05. The van der Waals surface area contributed by atoms with Crippen molar-refractivity contribution in [3.05, 3.63) is 47.2 Å². The molecule has 0 aliphatic carbocycles. The van der Waals surface area contributed by atoms with Crippen LogP contribution in [-0.2, 0) is 9.59 Å². The lowest BCUT2D eigenvalue weighted by molar-refractivity contribution is -0.142. The Labute approximate surface area is 161 Å². The van der Waals surface area contributed by atoms with Crippen molar-refractivity contribution in [2.75, 3.05) is 6.54 Å². The van der Waals surface area contributed by atoms with Gasteiger partial charge in [0.2, 0.25) is 5.91 Å². The Morgan fingerprint density at radius 1 is 1.15 bits per heavy atom. The van der Waals surface area contributed by atoms with Crippen LogP contribution in [0, 0.1) is 5.92 Å². The van der Waals surface area contributed by atoms with Crippen molar-refractivity contribution in [1.29, 1.82) is 0 Å². The summed E-state index contributed by atoms with van der Waals surface area (Å²) < 4.78 is 5.49. The zero-order valence-electron chi connectivity index (χ0n) is 15.0. The van der Waals surface area contributed by atoms with Crippen molar-refractivity contribution < 1.29 is 23.9 Å². The van der Waals surface area contributed by atoms with Gasteiger partial charge in [0.05, 0.1) is 11.6 Å². The van der Waals surface area contributed by atoms with Crippen LogP contribution >= 0.6 is 11.6 Å². The number of rotatable bonds is 8. The molecule has 1 heterocycles. The predicted molar refractivity (Wildman–Crippen MR) is 101 cm³/mol. The first kappa shape index (κ1) is 20.5. The normalized spacial score (nSPS) is 11.9. The average Bonchev–Trinajstić information content (AvgIpc) is 3.09. The molecule has 3 N–H and O–H groups in total. The molecule has 1 aromatic carbocycles. The molecule has 0 saturated heterocycles. The second kappa shape index (κ2) is 9.23. The number of carboxylic acids is 1. The number of benzene rings is 1. The van der Waals surface area contributed by atoms with Gasteiger partial charge < -0.3 is 20.2 Å². The highest BCUT2D eigenvalue weighted by atomic mass is 35.5. The van der Waals surface area contributed by atoms with E-state index in [1.165, 1.54) is 6.07 Å². The molecule has 0 spiro atoms. The van der Waals surface area contributed by atoms with Crippen LogP contribution < -0.4 is 10.6 Å². The van der Waals surface area contributed by atoms with Gasteiger partial charge in [-0.2, -0.15) is 0 Å². The van der Waals surface area contributed by atoms with Crippen molar-refractivity contribution in [3.63, 3.8) is 0 Å². The van der Waals surface area contributed by atoms with E-state index in [1.807, 2.05) is 13.8 Å². The highest BCUT2D eigenvalue weighted by Gasteiger charge is 2.21. The molecule has 0 saturated carbocycles. The molecule has 8 heteroatoms. The van der Waals surface area contributed by atoms with E-state index in [-0.39, 0.29) is 18.2 Å². The molecule has 0 aliphatic rings. The van der Waals surface area contributed by atoms with Gasteiger partial charge >= 0.3 is 5.97 Å². The lowest BCUT2D eigenvalue weighted by atomic mass is 10.0. The number of furan rings is 1. The minimum absolute atomic E-state index is 0.0229. The molecule has 0 radical (unpaired) electrons. The van der Waals surface area contributed by atoms with E-state index >= 15 is 0 Å². The smallest absolute Gasteiger partial charge is 0.326 e. The Kier molecular flexibility index (Phi) is 7.01. The largest absolute Gasteiger partial charge is 0.480 e. The SMILES string of the molecule is CC(C)C[C@H](NC(=O)CNC(=O)c1ccc(-c2ccccc2Cl)o1)C(=O)O. The standard InChI is InChI=1S/C19H21ClN2O5/c1-11(2)9-14(19(25)26)22-17(23)10-21-18(24)16-8-7-15(27-16)12-5-3-4-6-13(12)20/h3-8,11,14H,9-10H2,1-2H3,(H,21,24)(H,22,23)(H,25,26)/t14-/m0/s1. The highest BCUT2D eigenvalue weighted by molar-refractivity contribution is 6.33. The van der Waals surface area contributed by atoms with Gasteiger partial charge in [0.1, 0.15) is 11.8 Å². The van der Waals surface area contributed by atoms with Gasteiger partial charge in [-0.3, -0.25) is 9.59 Å². The summed E-state index contributed by atoms with van der Waals surface area (Å²) in [6, 6.07) is 9.14. The molecule has 0 fully saturated rings. The summed E-state index contributed by atoms with van der Waals surface area (Å²) in [6.45, 7) is 3.36. The van der Waals surface area contributed by atoms with Crippen LogP contribution in [0.2, 0.25) is 5.02 Å². The maximum absolute atomic E-state index is 12.1. The number of hydrogen-bond donors (Lipinski definition) is 3. The monoisotopic (exact) mass is 392 g/mol. The van der Waals surface area contributed by atoms with E-state index in [4.69, 9.17) is 21.1 Å². The van der Waals surface area contributed by atoms with Gasteiger partial charge in [0.15, 0.2) is 5.76 Å². The molecular formula is C19H21ClN2O5. The second-order valence-electron chi connectivity index (χ2n) is 6.41. The number of amides is 2. The lowest BCUT2D eigenvalue weighted by Gasteiger charge is -2.16. The molecule has 0 unspecified atom stereocenters. The van der Waals surface area contributed by atoms with E-state index < -0.39 is 23.8 Å². The van der Waals surface area contributed by atoms with Crippen molar-refractivity contribution in [1.82, 2.24) is 10.6 Å². The number of carbonyl (C=O) groups is 3. The Hall–Kier alpha value is -2.80. The zero-order chi connectivity index (χ0) is 20.0. The molecule has 1 atom stereocenters.